The maximum absolute atomic E-state index is 14.9. The van der Waals surface area contributed by atoms with Crippen LogP contribution in [0.3, 0.4) is 0 Å². The van der Waals surface area contributed by atoms with Gasteiger partial charge in [-0.1, -0.05) is 6.07 Å². The van der Waals surface area contributed by atoms with E-state index in [9.17, 15) is 23.2 Å². The highest BCUT2D eigenvalue weighted by atomic mass is 19.1. The lowest BCUT2D eigenvalue weighted by Gasteiger charge is -2.36. The monoisotopic (exact) mass is 514 g/mol. The molecule has 4 rings (SSSR count). The van der Waals surface area contributed by atoms with Gasteiger partial charge in [-0.05, 0) is 50.2 Å². The van der Waals surface area contributed by atoms with Gasteiger partial charge in [0.25, 0.3) is 5.91 Å². The average Bonchev–Trinajstić information content (AvgIpc) is 2.88. The summed E-state index contributed by atoms with van der Waals surface area (Å²) in [5, 5.41) is 5.59. The molecule has 5 amide bonds. The van der Waals surface area contributed by atoms with E-state index in [2.05, 4.69) is 10.6 Å². The van der Waals surface area contributed by atoms with Crippen molar-refractivity contribution in [1.82, 2.24) is 20.0 Å². The quantitative estimate of drug-likeness (QED) is 0.656. The lowest BCUT2D eigenvalue weighted by Crippen LogP contribution is -2.53. The van der Waals surface area contributed by atoms with Crippen molar-refractivity contribution in [3.63, 3.8) is 0 Å². The van der Waals surface area contributed by atoms with Gasteiger partial charge in [-0.25, -0.2) is 18.4 Å². The molecule has 2 aliphatic rings. The van der Waals surface area contributed by atoms with Crippen molar-refractivity contribution >= 4 is 29.3 Å². The Hall–Kier alpha value is -3.89. The topological polar surface area (TPSA) is 88.2 Å². The highest BCUT2D eigenvalue weighted by Gasteiger charge is 2.26. The number of anilines is 2. The molecule has 37 heavy (non-hydrogen) atoms. The first-order chi connectivity index (χ1) is 17.7. The molecule has 11 heteroatoms. The molecule has 0 bridgehead atoms. The number of nitrogens with zero attached hydrogens (tertiary/aromatic N) is 4. The van der Waals surface area contributed by atoms with Gasteiger partial charge in [0.2, 0.25) is 0 Å². The third-order valence-corrected chi connectivity index (χ3v) is 6.44. The molecular formula is C26H32F2N6O3. The van der Waals surface area contributed by atoms with Crippen LogP contribution in [0, 0.1) is 11.6 Å². The van der Waals surface area contributed by atoms with Crippen LogP contribution in [0.25, 0.3) is 0 Å². The van der Waals surface area contributed by atoms with Crippen LogP contribution in [0.15, 0.2) is 42.5 Å². The number of hydrogen-bond donors (Lipinski definition) is 2. The van der Waals surface area contributed by atoms with Gasteiger partial charge < -0.3 is 30.2 Å². The summed E-state index contributed by atoms with van der Waals surface area (Å²) in [4.78, 5) is 44.2. The zero-order chi connectivity index (χ0) is 26.5. The molecule has 2 heterocycles. The molecule has 2 N–H and O–H groups in total. The molecule has 0 atom stereocenters. The van der Waals surface area contributed by atoms with Gasteiger partial charge in [0, 0.05) is 69.7 Å². The Morgan fingerprint density at radius 2 is 1.41 bits per heavy atom. The Morgan fingerprint density at radius 1 is 0.784 bits per heavy atom. The van der Waals surface area contributed by atoms with Gasteiger partial charge in [-0.2, -0.15) is 0 Å². The van der Waals surface area contributed by atoms with Crippen LogP contribution in [0.4, 0.5) is 29.7 Å². The summed E-state index contributed by atoms with van der Waals surface area (Å²) in [5.74, 6) is -1.21. The van der Waals surface area contributed by atoms with Crippen molar-refractivity contribution in [2.24, 2.45) is 0 Å². The molecule has 0 saturated carbocycles. The summed E-state index contributed by atoms with van der Waals surface area (Å²) in [5.41, 5.74) is 1.03. The van der Waals surface area contributed by atoms with Crippen molar-refractivity contribution < 1.29 is 23.2 Å². The molecule has 0 aromatic heterocycles. The van der Waals surface area contributed by atoms with Crippen molar-refractivity contribution in [2.45, 2.75) is 19.9 Å². The molecular weight excluding hydrogens is 482 g/mol. The maximum Gasteiger partial charge on any atom is 0.321 e. The Morgan fingerprint density at radius 3 is 2.03 bits per heavy atom. The van der Waals surface area contributed by atoms with Gasteiger partial charge in [-0.3, -0.25) is 4.79 Å². The fourth-order valence-corrected chi connectivity index (χ4v) is 4.45. The summed E-state index contributed by atoms with van der Waals surface area (Å²) in [7, 11) is 0. The third-order valence-electron chi connectivity index (χ3n) is 6.44. The average molecular weight is 515 g/mol. The molecule has 2 aromatic rings. The van der Waals surface area contributed by atoms with Crippen LogP contribution in [-0.4, -0.2) is 91.1 Å². The Bertz CT molecular complexity index is 1140. The van der Waals surface area contributed by atoms with Gasteiger partial charge in [-0.15, -0.1) is 0 Å². The first kappa shape index (κ1) is 26.2. The lowest BCUT2D eigenvalue weighted by molar-refractivity contribution is 0.0671. The van der Waals surface area contributed by atoms with Gasteiger partial charge >= 0.3 is 12.1 Å². The molecule has 2 aromatic carbocycles. The summed E-state index contributed by atoms with van der Waals surface area (Å²) in [6, 6.07) is 9.65. The standard InChI is InChI=1S/C26H32F2N6O3/c1-18(2)29-25(36)33-12-8-31(9-13-33)23-7-6-21(17-22(23)28)30-26(37)34-14-10-32(11-15-34)24(35)19-4-3-5-20(27)16-19/h3-7,16-18H,8-15H2,1-2H3,(H,29,36)(H,30,37). The number of hydrogen-bond acceptors (Lipinski definition) is 4. The molecule has 0 unspecified atom stereocenters. The molecule has 2 fully saturated rings. The van der Waals surface area contributed by atoms with Crippen molar-refractivity contribution in [2.75, 3.05) is 62.6 Å². The van der Waals surface area contributed by atoms with Crippen LogP contribution in [0.5, 0.6) is 0 Å². The van der Waals surface area contributed by atoms with Gasteiger partial charge in [0.15, 0.2) is 0 Å². The molecule has 2 aliphatic heterocycles. The molecule has 2 saturated heterocycles. The number of rotatable bonds is 4. The number of urea groups is 2. The molecule has 0 spiro atoms. The first-order valence-electron chi connectivity index (χ1n) is 12.4. The third kappa shape index (κ3) is 6.46. The lowest BCUT2D eigenvalue weighted by atomic mass is 10.2. The van der Waals surface area contributed by atoms with Crippen LogP contribution in [0.2, 0.25) is 0 Å². The number of benzene rings is 2. The fourth-order valence-electron chi connectivity index (χ4n) is 4.45. The van der Waals surface area contributed by atoms with Crippen molar-refractivity contribution in [3.8, 4) is 0 Å². The first-order valence-corrected chi connectivity index (χ1v) is 12.4. The number of nitrogens with one attached hydrogen (secondary N) is 2. The number of halogens is 2. The number of amides is 5. The van der Waals surface area contributed by atoms with E-state index in [0.29, 0.717) is 63.7 Å². The Kier molecular flexibility index (Phi) is 8.10. The minimum atomic E-state index is -0.474. The summed E-state index contributed by atoms with van der Waals surface area (Å²) in [6.07, 6.45) is 0. The highest BCUT2D eigenvalue weighted by molar-refractivity contribution is 5.94. The van der Waals surface area contributed by atoms with Crippen LogP contribution in [0.1, 0.15) is 24.2 Å². The van der Waals surface area contributed by atoms with E-state index in [-0.39, 0.29) is 29.6 Å². The maximum atomic E-state index is 14.9. The van der Waals surface area contributed by atoms with Crippen LogP contribution < -0.4 is 15.5 Å². The number of piperazine rings is 2. The van der Waals surface area contributed by atoms with Crippen molar-refractivity contribution in [1.29, 1.82) is 0 Å². The predicted octanol–water partition coefficient (Wildman–Crippen LogP) is 3.19. The number of carbonyl (C=O) groups is 3. The van der Waals surface area contributed by atoms with Crippen molar-refractivity contribution in [3.05, 3.63) is 59.7 Å². The predicted molar refractivity (Wildman–Crippen MR) is 137 cm³/mol. The molecule has 9 nitrogen and oxygen atoms in total. The Labute approximate surface area is 215 Å². The molecule has 198 valence electrons. The second-order valence-corrected chi connectivity index (χ2v) is 9.46. The summed E-state index contributed by atoms with van der Waals surface area (Å²) >= 11 is 0. The van der Waals surface area contributed by atoms with Gasteiger partial charge in [0.05, 0.1) is 5.69 Å². The largest absolute Gasteiger partial charge is 0.366 e. The van der Waals surface area contributed by atoms with E-state index < -0.39 is 11.6 Å². The van der Waals surface area contributed by atoms with E-state index >= 15 is 0 Å². The van der Waals surface area contributed by atoms with E-state index in [1.54, 1.807) is 32.9 Å². The Balaban J connectivity index is 1.27. The SMILES string of the molecule is CC(C)NC(=O)N1CCN(c2ccc(NC(=O)N3CCN(C(=O)c4cccc(F)c4)CC3)cc2F)CC1. The number of carbonyl (C=O) groups excluding carboxylic acids is 3. The summed E-state index contributed by atoms with van der Waals surface area (Å²) in [6.45, 7) is 7.05. The molecule has 0 aliphatic carbocycles. The zero-order valence-corrected chi connectivity index (χ0v) is 21.0. The molecule has 0 radical (unpaired) electrons. The minimum Gasteiger partial charge on any atom is -0.366 e. The van der Waals surface area contributed by atoms with E-state index in [4.69, 9.17) is 0 Å². The highest BCUT2D eigenvalue weighted by Crippen LogP contribution is 2.24. The fraction of sp³-hybridized carbons (Fsp3) is 0.423. The zero-order valence-electron chi connectivity index (χ0n) is 21.0. The van der Waals surface area contributed by atoms with Gasteiger partial charge in [0.1, 0.15) is 11.6 Å². The smallest absolute Gasteiger partial charge is 0.321 e. The van der Waals surface area contributed by atoms with Crippen LogP contribution in [-0.2, 0) is 0 Å². The second-order valence-electron chi connectivity index (χ2n) is 9.46. The van der Waals surface area contributed by atoms with E-state index in [0.717, 1.165) is 0 Å². The van der Waals surface area contributed by atoms with Crippen LogP contribution >= 0.6 is 0 Å². The van der Waals surface area contributed by atoms with E-state index in [1.807, 2.05) is 18.7 Å². The normalized spacial score (nSPS) is 16.1. The summed E-state index contributed by atoms with van der Waals surface area (Å²) < 4.78 is 28.3. The van der Waals surface area contributed by atoms with E-state index in [1.165, 1.54) is 24.3 Å². The minimum absolute atomic E-state index is 0.0531. The second kappa shape index (κ2) is 11.4.